The van der Waals surface area contributed by atoms with Crippen molar-refractivity contribution in [3.05, 3.63) is 24.3 Å². The van der Waals surface area contributed by atoms with E-state index in [1.54, 1.807) is 0 Å². The van der Waals surface area contributed by atoms with E-state index < -0.39 is 30.6 Å². The Morgan fingerprint density at radius 3 is 2.60 bits per heavy atom. The van der Waals surface area contributed by atoms with Gasteiger partial charge >= 0.3 is 12.1 Å². The Bertz CT molecular complexity index is 502. The number of carboxylic acid groups (broad SMARTS) is 1. The van der Waals surface area contributed by atoms with Gasteiger partial charge in [0.05, 0.1) is 0 Å². The summed E-state index contributed by atoms with van der Waals surface area (Å²) in [6, 6.07) is 5.26. The van der Waals surface area contributed by atoms with Crippen LogP contribution in [0.1, 0.15) is 6.92 Å². The molecule has 20 heavy (non-hydrogen) atoms. The topological polar surface area (TPSA) is 75.6 Å². The molecule has 0 saturated heterocycles. The summed E-state index contributed by atoms with van der Waals surface area (Å²) in [6.07, 6.45) is -4.46. The van der Waals surface area contributed by atoms with E-state index in [4.69, 9.17) is 5.11 Å². The van der Waals surface area contributed by atoms with E-state index in [0.29, 0.717) is 0 Å². The number of halogens is 3. The van der Waals surface area contributed by atoms with Crippen molar-refractivity contribution >= 4 is 17.6 Å². The Hall–Kier alpha value is -2.25. The van der Waals surface area contributed by atoms with Crippen molar-refractivity contribution in [2.45, 2.75) is 13.1 Å². The van der Waals surface area contributed by atoms with Gasteiger partial charge in [-0.3, -0.25) is 9.59 Å². The Morgan fingerprint density at radius 2 is 2.05 bits per heavy atom. The maximum absolute atomic E-state index is 12.0. The van der Waals surface area contributed by atoms with Crippen LogP contribution in [-0.2, 0) is 9.59 Å². The molecule has 1 aromatic rings. The molecule has 8 heteroatoms. The van der Waals surface area contributed by atoms with Gasteiger partial charge < -0.3 is 15.2 Å². The summed E-state index contributed by atoms with van der Waals surface area (Å²) in [7, 11) is 0. The average Bonchev–Trinajstić information content (AvgIpc) is 2.35. The Morgan fingerprint density at radius 1 is 1.40 bits per heavy atom. The molecule has 0 saturated carbocycles. The predicted octanol–water partition coefficient (Wildman–Crippen LogP) is 2.29. The molecule has 0 aromatic heterocycles. The number of rotatable bonds is 5. The van der Waals surface area contributed by atoms with Crippen molar-refractivity contribution < 1.29 is 32.6 Å². The fourth-order valence-electron chi connectivity index (χ4n) is 1.19. The zero-order valence-electron chi connectivity index (χ0n) is 10.4. The SMILES string of the molecule is CC(C(=O)O)C(=O)Nc1cccc(OCC(F)(F)F)c1. The summed E-state index contributed by atoms with van der Waals surface area (Å²) in [5.74, 6) is -3.42. The lowest BCUT2D eigenvalue weighted by Crippen LogP contribution is -2.26. The molecule has 1 unspecified atom stereocenters. The number of carboxylic acids is 1. The number of alkyl halides is 3. The highest BCUT2D eigenvalue weighted by Gasteiger charge is 2.28. The largest absolute Gasteiger partial charge is 0.484 e. The number of amides is 1. The molecule has 0 aliphatic carbocycles. The summed E-state index contributed by atoms with van der Waals surface area (Å²) >= 11 is 0. The maximum Gasteiger partial charge on any atom is 0.422 e. The molecule has 0 heterocycles. The number of nitrogens with one attached hydrogen (secondary N) is 1. The summed E-state index contributed by atoms with van der Waals surface area (Å²) in [6.45, 7) is -0.252. The molecule has 0 bridgehead atoms. The van der Waals surface area contributed by atoms with E-state index >= 15 is 0 Å². The lowest BCUT2D eigenvalue weighted by atomic mass is 10.1. The minimum Gasteiger partial charge on any atom is -0.484 e. The number of aliphatic carboxylic acids is 1. The molecule has 0 radical (unpaired) electrons. The van der Waals surface area contributed by atoms with Gasteiger partial charge in [-0.05, 0) is 19.1 Å². The second-order valence-corrected chi connectivity index (χ2v) is 3.98. The first-order valence-corrected chi connectivity index (χ1v) is 5.52. The quantitative estimate of drug-likeness (QED) is 0.816. The van der Waals surface area contributed by atoms with Crippen LogP contribution in [0.5, 0.6) is 5.75 Å². The number of anilines is 1. The van der Waals surface area contributed by atoms with Crippen molar-refractivity contribution in [1.29, 1.82) is 0 Å². The smallest absolute Gasteiger partial charge is 0.422 e. The minimum atomic E-state index is -4.46. The zero-order chi connectivity index (χ0) is 15.3. The normalized spacial score (nSPS) is 12.6. The van der Waals surface area contributed by atoms with E-state index in [2.05, 4.69) is 10.1 Å². The van der Waals surface area contributed by atoms with Crippen molar-refractivity contribution in [3.63, 3.8) is 0 Å². The van der Waals surface area contributed by atoms with Gasteiger partial charge in [0.25, 0.3) is 0 Å². The Balaban J connectivity index is 2.69. The van der Waals surface area contributed by atoms with Crippen molar-refractivity contribution in [3.8, 4) is 5.75 Å². The van der Waals surface area contributed by atoms with Gasteiger partial charge in [0.2, 0.25) is 5.91 Å². The molecule has 2 N–H and O–H groups in total. The molecule has 1 rings (SSSR count). The summed E-state index contributed by atoms with van der Waals surface area (Å²) < 4.78 is 40.5. The first-order chi connectivity index (χ1) is 9.19. The lowest BCUT2D eigenvalue weighted by Gasteiger charge is -2.11. The molecule has 110 valence electrons. The Kier molecular flexibility index (Phi) is 4.95. The summed E-state index contributed by atoms with van der Waals surface area (Å²) in [4.78, 5) is 22.1. The minimum absolute atomic E-state index is 0.0805. The zero-order valence-corrected chi connectivity index (χ0v) is 10.4. The van der Waals surface area contributed by atoms with E-state index in [-0.39, 0.29) is 11.4 Å². The third-order valence-electron chi connectivity index (χ3n) is 2.27. The molecule has 0 fully saturated rings. The molecule has 5 nitrogen and oxygen atoms in total. The summed E-state index contributed by atoms with van der Waals surface area (Å²) in [5, 5.41) is 10.9. The predicted molar refractivity (Wildman–Crippen MR) is 63.4 cm³/mol. The fraction of sp³-hybridized carbons (Fsp3) is 0.333. The van der Waals surface area contributed by atoms with Gasteiger partial charge in [0.1, 0.15) is 11.7 Å². The van der Waals surface area contributed by atoms with Crippen LogP contribution in [0.4, 0.5) is 18.9 Å². The molecule has 0 spiro atoms. The molecule has 1 amide bonds. The molecule has 1 atom stereocenters. The van der Waals surface area contributed by atoms with Gasteiger partial charge in [-0.25, -0.2) is 0 Å². The molecular formula is C12H12F3NO4. The van der Waals surface area contributed by atoms with E-state index in [1.165, 1.54) is 31.2 Å². The first kappa shape index (κ1) is 15.8. The molecular weight excluding hydrogens is 279 g/mol. The lowest BCUT2D eigenvalue weighted by molar-refractivity contribution is -0.153. The number of benzene rings is 1. The average molecular weight is 291 g/mol. The van der Waals surface area contributed by atoms with E-state index in [1.807, 2.05) is 0 Å². The van der Waals surface area contributed by atoms with Crippen LogP contribution < -0.4 is 10.1 Å². The van der Waals surface area contributed by atoms with Crippen LogP contribution >= 0.6 is 0 Å². The third-order valence-corrected chi connectivity index (χ3v) is 2.27. The number of hydrogen-bond acceptors (Lipinski definition) is 3. The van der Waals surface area contributed by atoms with E-state index in [0.717, 1.165) is 0 Å². The first-order valence-electron chi connectivity index (χ1n) is 5.52. The number of carbonyl (C=O) groups excluding carboxylic acids is 1. The molecule has 1 aromatic carbocycles. The second kappa shape index (κ2) is 6.27. The molecule has 0 aliphatic heterocycles. The van der Waals surface area contributed by atoms with Crippen LogP contribution in [0.15, 0.2) is 24.3 Å². The van der Waals surface area contributed by atoms with Crippen LogP contribution in [0.2, 0.25) is 0 Å². The third kappa shape index (κ3) is 5.17. The molecule has 0 aliphatic rings. The van der Waals surface area contributed by atoms with Crippen LogP contribution in [0.25, 0.3) is 0 Å². The highest BCUT2D eigenvalue weighted by Crippen LogP contribution is 2.21. The van der Waals surface area contributed by atoms with Gasteiger partial charge in [0, 0.05) is 11.8 Å². The fourth-order valence-corrected chi connectivity index (χ4v) is 1.19. The van der Waals surface area contributed by atoms with Crippen molar-refractivity contribution in [2.75, 3.05) is 11.9 Å². The van der Waals surface area contributed by atoms with Crippen LogP contribution in [0.3, 0.4) is 0 Å². The highest BCUT2D eigenvalue weighted by molar-refractivity contribution is 6.03. The monoisotopic (exact) mass is 291 g/mol. The van der Waals surface area contributed by atoms with Crippen molar-refractivity contribution in [2.24, 2.45) is 5.92 Å². The maximum atomic E-state index is 12.0. The van der Waals surface area contributed by atoms with Crippen molar-refractivity contribution in [1.82, 2.24) is 0 Å². The standard InChI is InChI=1S/C12H12F3NO4/c1-7(11(18)19)10(17)16-8-3-2-4-9(5-8)20-6-12(13,14)15/h2-5,7H,6H2,1H3,(H,16,17)(H,18,19). The highest BCUT2D eigenvalue weighted by atomic mass is 19.4. The second-order valence-electron chi connectivity index (χ2n) is 3.98. The van der Waals surface area contributed by atoms with Gasteiger partial charge in [0.15, 0.2) is 6.61 Å². The van der Waals surface area contributed by atoms with Gasteiger partial charge in [-0.1, -0.05) is 6.07 Å². The number of hydrogen-bond donors (Lipinski definition) is 2. The summed E-state index contributed by atoms with van der Waals surface area (Å²) in [5.41, 5.74) is 0.155. The van der Waals surface area contributed by atoms with Gasteiger partial charge in [-0.2, -0.15) is 13.2 Å². The van der Waals surface area contributed by atoms with Crippen LogP contribution in [0, 0.1) is 5.92 Å². The van der Waals surface area contributed by atoms with Crippen LogP contribution in [-0.4, -0.2) is 29.8 Å². The van der Waals surface area contributed by atoms with Gasteiger partial charge in [-0.15, -0.1) is 0 Å². The number of ether oxygens (including phenoxy) is 1. The Labute approximate surface area is 112 Å². The van der Waals surface area contributed by atoms with E-state index in [9.17, 15) is 22.8 Å². The number of carbonyl (C=O) groups is 2.